The topological polar surface area (TPSA) is 58.6 Å². The molecule has 2 rings (SSSR count). The number of carboxylic acid groups (broad SMARTS) is 1. The van der Waals surface area contributed by atoms with Gasteiger partial charge in [-0.25, -0.2) is 4.79 Å². The van der Waals surface area contributed by atoms with Gasteiger partial charge in [-0.1, -0.05) is 42.0 Å². The number of nitrogens with one attached hydrogen (secondary N) is 1. The highest BCUT2D eigenvalue weighted by Gasteiger charge is 2.19. The second kappa shape index (κ2) is 6.90. The zero-order valence-corrected chi connectivity index (χ0v) is 12.2. The van der Waals surface area contributed by atoms with Gasteiger partial charge in [0.05, 0.1) is 6.61 Å². The van der Waals surface area contributed by atoms with E-state index < -0.39 is 12.0 Å². The molecule has 2 aromatic carbocycles. The molecular formula is C17H19NO3. The number of hydrogen-bond acceptors (Lipinski definition) is 3. The highest BCUT2D eigenvalue weighted by molar-refractivity contribution is 5.79. The van der Waals surface area contributed by atoms with Crippen molar-refractivity contribution < 1.29 is 14.6 Å². The molecule has 0 aliphatic rings. The van der Waals surface area contributed by atoms with Crippen molar-refractivity contribution in [1.82, 2.24) is 0 Å². The fraction of sp³-hybridized carbons (Fsp3) is 0.235. The Labute approximate surface area is 124 Å². The van der Waals surface area contributed by atoms with Crippen LogP contribution in [0.15, 0.2) is 48.5 Å². The minimum atomic E-state index is -0.912. The molecule has 110 valence electrons. The maximum atomic E-state index is 11.5. The third kappa shape index (κ3) is 4.07. The first kappa shape index (κ1) is 15.1. The van der Waals surface area contributed by atoms with Crippen molar-refractivity contribution in [2.45, 2.75) is 19.6 Å². The second-order valence-corrected chi connectivity index (χ2v) is 4.96. The van der Waals surface area contributed by atoms with Gasteiger partial charge in [-0.15, -0.1) is 0 Å². The SMILES string of the molecule is COCc1cccc(C(Nc2ccc(C)cc2)C(=O)O)c1. The largest absolute Gasteiger partial charge is 0.479 e. The van der Waals surface area contributed by atoms with E-state index in [1.165, 1.54) is 0 Å². The Hall–Kier alpha value is -2.33. The first-order valence-electron chi connectivity index (χ1n) is 6.74. The first-order chi connectivity index (χ1) is 10.1. The van der Waals surface area contributed by atoms with E-state index in [1.807, 2.05) is 49.4 Å². The minimum absolute atomic E-state index is 0.463. The van der Waals surface area contributed by atoms with Crippen LogP contribution in [0.25, 0.3) is 0 Å². The number of anilines is 1. The number of hydrogen-bond donors (Lipinski definition) is 2. The lowest BCUT2D eigenvalue weighted by Gasteiger charge is -2.17. The average molecular weight is 285 g/mol. The lowest BCUT2D eigenvalue weighted by molar-refractivity contribution is -0.138. The number of rotatable bonds is 6. The molecule has 0 aliphatic carbocycles. The van der Waals surface area contributed by atoms with Crippen LogP contribution in [0.1, 0.15) is 22.7 Å². The van der Waals surface area contributed by atoms with Gasteiger partial charge < -0.3 is 15.2 Å². The van der Waals surface area contributed by atoms with E-state index in [-0.39, 0.29) is 0 Å². The van der Waals surface area contributed by atoms with Gasteiger partial charge in [-0.3, -0.25) is 0 Å². The summed E-state index contributed by atoms with van der Waals surface area (Å²) in [6, 6.07) is 14.3. The quantitative estimate of drug-likeness (QED) is 0.854. The van der Waals surface area contributed by atoms with E-state index in [0.717, 1.165) is 16.8 Å². The molecule has 1 unspecified atom stereocenters. The molecule has 1 atom stereocenters. The van der Waals surface area contributed by atoms with Gasteiger partial charge in [0.25, 0.3) is 0 Å². The zero-order chi connectivity index (χ0) is 15.2. The van der Waals surface area contributed by atoms with Crippen molar-refractivity contribution in [3.05, 3.63) is 65.2 Å². The minimum Gasteiger partial charge on any atom is -0.479 e. The average Bonchev–Trinajstić information content (AvgIpc) is 2.47. The van der Waals surface area contributed by atoms with E-state index >= 15 is 0 Å². The third-order valence-electron chi connectivity index (χ3n) is 3.20. The molecule has 0 radical (unpaired) electrons. The molecule has 0 aliphatic heterocycles. The van der Waals surface area contributed by atoms with E-state index in [1.54, 1.807) is 13.2 Å². The Morgan fingerprint density at radius 3 is 2.57 bits per heavy atom. The summed E-state index contributed by atoms with van der Waals surface area (Å²) >= 11 is 0. The Bertz CT molecular complexity index is 608. The summed E-state index contributed by atoms with van der Waals surface area (Å²) in [7, 11) is 1.62. The molecule has 0 fully saturated rings. The molecule has 21 heavy (non-hydrogen) atoms. The van der Waals surface area contributed by atoms with Crippen LogP contribution >= 0.6 is 0 Å². The summed E-state index contributed by atoms with van der Waals surface area (Å²) in [5.74, 6) is -0.912. The predicted molar refractivity (Wildman–Crippen MR) is 82.3 cm³/mol. The highest BCUT2D eigenvalue weighted by Crippen LogP contribution is 2.21. The van der Waals surface area contributed by atoms with Crippen molar-refractivity contribution in [2.75, 3.05) is 12.4 Å². The lowest BCUT2D eigenvalue weighted by Crippen LogP contribution is -2.20. The fourth-order valence-corrected chi connectivity index (χ4v) is 2.13. The van der Waals surface area contributed by atoms with Crippen LogP contribution in [0, 0.1) is 6.92 Å². The van der Waals surface area contributed by atoms with Gasteiger partial charge in [0.2, 0.25) is 0 Å². The van der Waals surface area contributed by atoms with E-state index in [2.05, 4.69) is 5.32 Å². The summed E-state index contributed by atoms with van der Waals surface area (Å²) in [4.78, 5) is 11.5. The van der Waals surface area contributed by atoms with Gasteiger partial charge in [0, 0.05) is 12.8 Å². The van der Waals surface area contributed by atoms with Gasteiger partial charge in [-0.2, -0.15) is 0 Å². The van der Waals surface area contributed by atoms with Crippen LogP contribution in [-0.4, -0.2) is 18.2 Å². The van der Waals surface area contributed by atoms with Gasteiger partial charge in [0.15, 0.2) is 6.04 Å². The molecule has 2 N–H and O–H groups in total. The van der Waals surface area contributed by atoms with Crippen LogP contribution in [0.5, 0.6) is 0 Å². The van der Waals surface area contributed by atoms with E-state index in [0.29, 0.717) is 12.2 Å². The lowest BCUT2D eigenvalue weighted by atomic mass is 10.0. The first-order valence-corrected chi connectivity index (χ1v) is 6.74. The van der Waals surface area contributed by atoms with Crippen molar-refractivity contribution in [3.8, 4) is 0 Å². The summed E-state index contributed by atoms with van der Waals surface area (Å²) < 4.78 is 5.09. The maximum Gasteiger partial charge on any atom is 0.330 e. The van der Waals surface area contributed by atoms with E-state index in [4.69, 9.17) is 4.74 Å². The number of aliphatic carboxylic acids is 1. The normalized spacial score (nSPS) is 11.9. The Balaban J connectivity index is 2.24. The highest BCUT2D eigenvalue weighted by atomic mass is 16.5. The summed E-state index contributed by atoms with van der Waals surface area (Å²) in [5, 5.41) is 12.5. The molecular weight excluding hydrogens is 266 g/mol. The fourth-order valence-electron chi connectivity index (χ4n) is 2.13. The third-order valence-corrected chi connectivity index (χ3v) is 3.20. The maximum absolute atomic E-state index is 11.5. The molecule has 4 nitrogen and oxygen atoms in total. The smallest absolute Gasteiger partial charge is 0.330 e. The summed E-state index contributed by atoms with van der Waals surface area (Å²) in [6.07, 6.45) is 0. The van der Waals surface area contributed by atoms with Gasteiger partial charge >= 0.3 is 5.97 Å². The standard InChI is InChI=1S/C17H19NO3/c1-12-6-8-15(9-7-12)18-16(17(19)20)14-5-3-4-13(10-14)11-21-2/h3-10,16,18H,11H2,1-2H3,(H,19,20). The molecule has 0 spiro atoms. The Morgan fingerprint density at radius 1 is 1.24 bits per heavy atom. The Kier molecular flexibility index (Phi) is 4.95. The number of carboxylic acids is 1. The number of aryl methyl sites for hydroxylation is 1. The van der Waals surface area contributed by atoms with Crippen LogP contribution in [-0.2, 0) is 16.1 Å². The molecule has 0 heterocycles. The summed E-state index contributed by atoms with van der Waals surface area (Å²) in [5.41, 5.74) is 3.57. The van der Waals surface area contributed by atoms with Gasteiger partial charge in [0.1, 0.15) is 0 Å². The van der Waals surface area contributed by atoms with Crippen molar-refractivity contribution >= 4 is 11.7 Å². The molecule has 0 saturated carbocycles. The predicted octanol–water partition coefficient (Wildman–Crippen LogP) is 3.38. The van der Waals surface area contributed by atoms with Crippen LogP contribution in [0.4, 0.5) is 5.69 Å². The molecule has 0 aromatic heterocycles. The molecule has 0 bridgehead atoms. The molecule has 0 saturated heterocycles. The van der Waals surface area contributed by atoms with Crippen molar-refractivity contribution in [2.24, 2.45) is 0 Å². The Morgan fingerprint density at radius 2 is 1.95 bits per heavy atom. The zero-order valence-electron chi connectivity index (χ0n) is 12.2. The number of methoxy groups -OCH3 is 1. The molecule has 4 heteroatoms. The molecule has 2 aromatic rings. The van der Waals surface area contributed by atoms with Crippen LogP contribution in [0.2, 0.25) is 0 Å². The summed E-state index contributed by atoms with van der Waals surface area (Å²) in [6.45, 7) is 2.46. The second-order valence-electron chi connectivity index (χ2n) is 4.96. The van der Waals surface area contributed by atoms with E-state index in [9.17, 15) is 9.90 Å². The van der Waals surface area contributed by atoms with Crippen molar-refractivity contribution in [3.63, 3.8) is 0 Å². The number of ether oxygens (including phenoxy) is 1. The van der Waals surface area contributed by atoms with Crippen molar-refractivity contribution in [1.29, 1.82) is 0 Å². The molecule has 0 amide bonds. The monoisotopic (exact) mass is 285 g/mol. The van der Waals surface area contributed by atoms with Crippen LogP contribution < -0.4 is 5.32 Å². The van der Waals surface area contributed by atoms with Crippen LogP contribution in [0.3, 0.4) is 0 Å². The number of carbonyl (C=O) groups is 1. The van der Waals surface area contributed by atoms with Gasteiger partial charge in [-0.05, 0) is 30.2 Å². The number of benzene rings is 2.